The van der Waals surface area contributed by atoms with Crippen molar-refractivity contribution in [2.45, 2.75) is 96.2 Å². The molecule has 0 aliphatic heterocycles. The molecule has 0 saturated heterocycles. The van der Waals surface area contributed by atoms with E-state index in [1.54, 1.807) is 0 Å². The number of unbranched alkanes of at least 4 members (excludes halogenated alkanes) is 10. The maximum atomic E-state index is 10.4. The fraction of sp³-hybridized carbons (Fsp3) is 0.941. The summed E-state index contributed by atoms with van der Waals surface area (Å²) in [5.74, 6) is 0.868. The smallest absolute Gasteiger partial charge is 0.385 e. The van der Waals surface area contributed by atoms with Crippen molar-refractivity contribution in [2.24, 2.45) is 5.92 Å². The lowest BCUT2D eigenvalue weighted by Crippen LogP contribution is -2.03. The molecule has 1 radical (unpaired) electrons. The zero-order valence-electron chi connectivity index (χ0n) is 13.7. The largest absolute Gasteiger partial charge is 0.497 e. The molecule has 0 spiro atoms. The number of hydrogen-bond donors (Lipinski definition) is 1. The Morgan fingerprint density at radius 1 is 0.800 bits per heavy atom. The zero-order chi connectivity index (χ0) is 15.1. The molecular formula is C17H34AlO2. The summed E-state index contributed by atoms with van der Waals surface area (Å²) in [4.78, 5) is 9.80. The normalized spacial score (nSPS) is 10.9. The molecule has 0 aliphatic carbocycles. The number of hydrogen-bond acceptors (Lipinski definition) is 1. The van der Waals surface area contributed by atoms with Crippen LogP contribution in [0.1, 0.15) is 90.9 Å². The minimum atomic E-state index is -0.571. The van der Waals surface area contributed by atoms with Gasteiger partial charge in [-0.2, -0.15) is 0 Å². The Morgan fingerprint density at radius 3 is 1.60 bits per heavy atom. The van der Waals surface area contributed by atoms with E-state index in [9.17, 15) is 4.79 Å². The molecule has 0 fully saturated rings. The van der Waals surface area contributed by atoms with Crippen molar-refractivity contribution in [2.75, 3.05) is 0 Å². The van der Waals surface area contributed by atoms with Crippen molar-refractivity contribution in [1.29, 1.82) is 0 Å². The van der Waals surface area contributed by atoms with Crippen LogP contribution in [0.2, 0.25) is 5.28 Å². The van der Waals surface area contributed by atoms with E-state index in [1.807, 2.05) is 0 Å². The van der Waals surface area contributed by atoms with E-state index < -0.39 is 4.83 Å². The van der Waals surface area contributed by atoms with Crippen molar-refractivity contribution in [3.8, 4) is 0 Å². The van der Waals surface area contributed by atoms with E-state index in [2.05, 4.69) is 13.8 Å². The minimum absolute atomic E-state index is 0.343. The van der Waals surface area contributed by atoms with Gasteiger partial charge in [-0.1, -0.05) is 96.2 Å². The van der Waals surface area contributed by atoms with Crippen LogP contribution >= 0.6 is 0 Å². The van der Waals surface area contributed by atoms with Gasteiger partial charge < -0.3 is 5.11 Å². The molecule has 0 unspecified atom stereocenters. The van der Waals surface area contributed by atoms with Gasteiger partial charge in [0.15, 0.2) is 4.83 Å². The Morgan fingerprint density at radius 2 is 1.20 bits per heavy atom. The maximum absolute atomic E-state index is 10.4. The van der Waals surface area contributed by atoms with Crippen LogP contribution in [0.4, 0.5) is 4.79 Å². The Bertz CT molecular complexity index is 217. The first-order chi connectivity index (χ1) is 9.63. The second-order valence-electron chi connectivity index (χ2n) is 6.40. The Labute approximate surface area is 132 Å². The molecule has 0 atom stereocenters. The summed E-state index contributed by atoms with van der Waals surface area (Å²) in [6.07, 6.45) is 16.2. The summed E-state index contributed by atoms with van der Waals surface area (Å²) in [5.41, 5.74) is 0. The fourth-order valence-corrected chi connectivity index (χ4v) is 3.25. The average molecular weight is 297 g/mol. The monoisotopic (exact) mass is 297 g/mol. The first kappa shape index (κ1) is 20.0. The van der Waals surface area contributed by atoms with Crippen molar-refractivity contribution < 1.29 is 9.90 Å². The molecule has 0 aromatic heterocycles. The second-order valence-corrected chi connectivity index (χ2v) is 7.88. The van der Waals surface area contributed by atoms with Gasteiger partial charge >= 0.3 is 15.2 Å². The molecule has 0 heterocycles. The molecule has 3 heteroatoms. The van der Waals surface area contributed by atoms with Gasteiger partial charge in [-0.3, -0.25) is 4.79 Å². The first-order valence-electron chi connectivity index (χ1n) is 8.69. The molecular weight excluding hydrogens is 263 g/mol. The maximum Gasteiger partial charge on any atom is 0.385 e. The summed E-state index contributed by atoms with van der Waals surface area (Å²) in [6, 6.07) is 0. The lowest BCUT2D eigenvalue weighted by atomic mass is 10.0. The van der Waals surface area contributed by atoms with Crippen LogP contribution in [0.15, 0.2) is 0 Å². The van der Waals surface area contributed by atoms with Gasteiger partial charge in [0, 0.05) is 0 Å². The van der Waals surface area contributed by atoms with Gasteiger partial charge in [0.2, 0.25) is 0 Å². The van der Waals surface area contributed by atoms with Crippen LogP contribution in [0.25, 0.3) is 0 Å². The summed E-state index contributed by atoms with van der Waals surface area (Å²) >= 11 is -0.343. The third-order valence-electron chi connectivity index (χ3n) is 3.80. The average Bonchev–Trinajstić information content (AvgIpc) is 2.38. The van der Waals surface area contributed by atoms with Crippen LogP contribution in [0, 0.1) is 5.92 Å². The van der Waals surface area contributed by atoms with Gasteiger partial charge in [0.25, 0.3) is 0 Å². The molecule has 2 nitrogen and oxygen atoms in total. The highest BCUT2D eigenvalue weighted by Crippen LogP contribution is 2.14. The van der Waals surface area contributed by atoms with E-state index in [0.29, 0.717) is 0 Å². The van der Waals surface area contributed by atoms with Crippen molar-refractivity contribution in [1.82, 2.24) is 0 Å². The second kappa shape index (κ2) is 15.4. The first-order valence-corrected chi connectivity index (χ1v) is 10.1. The standard InChI is InChI=1S/C16H33.CHO2.Al/c1-4-5-6-7-8-9-10-11-12-13-14-15-16(2)3;2-1-3;/h16H,1,4-15H2,2-3H3;(H,2,3);. The van der Waals surface area contributed by atoms with Gasteiger partial charge in [0.05, 0.1) is 0 Å². The number of carboxylic acid groups (broad SMARTS) is 1. The van der Waals surface area contributed by atoms with E-state index in [0.717, 1.165) is 17.6 Å². The van der Waals surface area contributed by atoms with Gasteiger partial charge in [-0.25, -0.2) is 0 Å². The summed E-state index contributed by atoms with van der Waals surface area (Å²) in [5, 5.41) is 9.49. The van der Waals surface area contributed by atoms with Gasteiger partial charge in [-0.05, 0) is 5.92 Å². The van der Waals surface area contributed by atoms with Gasteiger partial charge in [-0.15, -0.1) is 0 Å². The molecule has 0 saturated carbocycles. The summed E-state index contributed by atoms with van der Waals surface area (Å²) in [7, 11) is 0. The Hall–Kier alpha value is 0.00247. The highest BCUT2D eigenvalue weighted by Gasteiger charge is 2.01. The predicted molar refractivity (Wildman–Crippen MR) is 88.8 cm³/mol. The van der Waals surface area contributed by atoms with Crippen LogP contribution < -0.4 is 0 Å². The number of carbonyl (C=O) groups is 1. The third-order valence-corrected chi connectivity index (χ3v) is 4.85. The third kappa shape index (κ3) is 18.0. The van der Waals surface area contributed by atoms with Gasteiger partial charge in [0.1, 0.15) is 0 Å². The fourth-order valence-electron chi connectivity index (χ4n) is 2.51. The highest BCUT2D eigenvalue weighted by atomic mass is 27.1. The van der Waals surface area contributed by atoms with Crippen LogP contribution in [0.3, 0.4) is 0 Å². The van der Waals surface area contributed by atoms with E-state index in [1.165, 1.54) is 70.6 Å². The Balaban J connectivity index is 2.97. The van der Waals surface area contributed by atoms with Crippen LogP contribution in [0.5, 0.6) is 0 Å². The van der Waals surface area contributed by atoms with Crippen LogP contribution in [-0.4, -0.2) is 25.2 Å². The molecule has 0 bridgehead atoms. The SMILES string of the molecule is CC(C)CCCCCCCCCCCC[CH2][Al][C](=O)O. The quantitative estimate of drug-likeness (QED) is 0.292. The molecule has 1 N–H and O–H groups in total. The summed E-state index contributed by atoms with van der Waals surface area (Å²) in [6.45, 7) is 4.62. The van der Waals surface area contributed by atoms with Crippen molar-refractivity contribution >= 4 is 20.1 Å². The topological polar surface area (TPSA) is 37.3 Å². The Kier molecular flexibility index (Phi) is 15.4. The van der Waals surface area contributed by atoms with Crippen molar-refractivity contribution in [3.05, 3.63) is 0 Å². The van der Waals surface area contributed by atoms with E-state index in [-0.39, 0.29) is 15.2 Å². The summed E-state index contributed by atoms with van der Waals surface area (Å²) < 4.78 is 0. The van der Waals surface area contributed by atoms with Crippen molar-refractivity contribution in [3.63, 3.8) is 0 Å². The predicted octanol–water partition coefficient (Wildman–Crippen LogP) is 6.12. The lowest BCUT2D eigenvalue weighted by Gasteiger charge is -2.04. The molecule has 0 amide bonds. The molecule has 0 rings (SSSR count). The highest BCUT2D eigenvalue weighted by molar-refractivity contribution is 6.71. The molecule has 117 valence electrons. The molecule has 0 aromatic carbocycles. The lowest BCUT2D eigenvalue weighted by molar-refractivity contribution is 0.219. The molecule has 0 aromatic rings. The molecule has 0 aliphatic rings. The van der Waals surface area contributed by atoms with E-state index >= 15 is 0 Å². The van der Waals surface area contributed by atoms with E-state index in [4.69, 9.17) is 5.11 Å². The van der Waals surface area contributed by atoms with Crippen LogP contribution in [-0.2, 0) is 0 Å². The minimum Gasteiger partial charge on any atom is -0.497 e. The number of rotatable bonds is 15. The zero-order valence-corrected chi connectivity index (χ0v) is 14.9. The molecule has 20 heavy (non-hydrogen) atoms.